The van der Waals surface area contributed by atoms with E-state index in [9.17, 15) is 5.11 Å². The van der Waals surface area contributed by atoms with Crippen molar-refractivity contribution in [1.82, 2.24) is 5.32 Å². The van der Waals surface area contributed by atoms with Crippen LogP contribution in [0.15, 0.2) is 18.2 Å². The van der Waals surface area contributed by atoms with Gasteiger partial charge in [0.15, 0.2) is 0 Å². The SMILES string of the molecule is CCC(O)CNCc1cc(C#N)ccc1OC. The largest absolute Gasteiger partial charge is 0.496 e. The van der Waals surface area contributed by atoms with Crippen molar-refractivity contribution in [3.05, 3.63) is 29.3 Å². The molecule has 0 spiro atoms. The van der Waals surface area contributed by atoms with Gasteiger partial charge in [-0.15, -0.1) is 0 Å². The van der Waals surface area contributed by atoms with E-state index in [0.29, 0.717) is 18.7 Å². The molecule has 92 valence electrons. The smallest absolute Gasteiger partial charge is 0.123 e. The zero-order chi connectivity index (χ0) is 12.7. The fourth-order valence-electron chi connectivity index (χ4n) is 1.50. The first-order valence-electron chi connectivity index (χ1n) is 5.67. The Morgan fingerprint density at radius 3 is 2.88 bits per heavy atom. The van der Waals surface area contributed by atoms with Gasteiger partial charge in [0.25, 0.3) is 0 Å². The predicted octanol–water partition coefficient (Wildman–Crippen LogP) is 1.43. The lowest BCUT2D eigenvalue weighted by molar-refractivity contribution is 0.167. The van der Waals surface area contributed by atoms with E-state index in [1.54, 1.807) is 25.3 Å². The Balaban J connectivity index is 2.65. The number of methoxy groups -OCH3 is 1. The molecule has 4 heteroatoms. The van der Waals surface area contributed by atoms with Crippen molar-refractivity contribution in [2.75, 3.05) is 13.7 Å². The molecule has 0 radical (unpaired) electrons. The molecule has 0 heterocycles. The summed E-state index contributed by atoms with van der Waals surface area (Å²) in [7, 11) is 1.60. The first kappa shape index (κ1) is 13.5. The zero-order valence-electron chi connectivity index (χ0n) is 10.2. The maximum atomic E-state index is 9.42. The molecule has 1 rings (SSSR count). The highest BCUT2D eigenvalue weighted by Crippen LogP contribution is 2.19. The third-order valence-corrected chi connectivity index (χ3v) is 2.58. The van der Waals surface area contributed by atoms with Crippen LogP contribution in [0.5, 0.6) is 5.75 Å². The van der Waals surface area contributed by atoms with Gasteiger partial charge in [-0.1, -0.05) is 6.92 Å². The molecule has 2 N–H and O–H groups in total. The number of nitrogens with one attached hydrogen (secondary N) is 1. The average molecular weight is 234 g/mol. The molecule has 17 heavy (non-hydrogen) atoms. The van der Waals surface area contributed by atoms with Crippen molar-refractivity contribution < 1.29 is 9.84 Å². The Morgan fingerprint density at radius 1 is 1.53 bits per heavy atom. The second-order valence-corrected chi connectivity index (χ2v) is 3.83. The third-order valence-electron chi connectivity index (χ3n) is 2.58. The van der Waals surface area contributed by atoms with Crippen molar-refractivity contribution in [3.63, 3.8) is 0 Å². The number of benzene rings is 1. The standard InChI is InChI=1S/C13H18N2O2/c1-3-12(16)9-15-8-11-6-10(7-14)4-5-13(11)17-2/h4-6,12,15-16H,3,8-9H2,1-2H3. The van der Waals surface area contributed by atoms with Gasteiger partial charge in [-0.05, 0) is 24.6 Å². The van der Waals surface area contributed by atoms with Crippen molar-refractivity contribution in [1.29, 1.82) is 5.26 Å². The van der Waals surface area contributed by atoms with Gasteiger partial charge in [-0.25, -0.2) is 0 Å². The summed E-state index contributed by atoms with van der Waals surface area (Å²) < 4.78 is 5.22. The monoisotopic (exact) mass is 234 g/mol. The van der Waals surface area contributed by atoms with E-state index in [-0.39, 0.29) is 6.10 Å². The lowest BCUT2D eigenvalue weighted by Crippen LogP contribution is -2.25. The highest BCUT2D eigenvalue weighted by atomic mass is 16.5. The van der Waals surface area contributed by atoms with Gasteiger partial charge in [-0.2, -0.15) is 5.26 Å². The molecule has 1 unspecified atom stereocenters. The van der Waals surface area contributed by atoms with Crippen molar-refractivity contribution >= 4 is 0 Å². The van der Waals surface area contributed by atoms with Crippen molar-refractivity contribution in [2.24, 2.45) is 0 Å². The fraction of sp³-hybridized carbons (Fsp3) is 0.462. The molecule has 0 aliphatic rings. The topological polar surface area (TPSA) is 65.3 Å². The van der Waals surface area contributed by atoms with Crippen LogP contribution in [0.2, 0.25) is 0 Å². The molecular weight excluding hydrogens is 216 g/mol. The lowest BCUT2D eigenvalue weighted by atomic mass is 10.1. The molecule has 0 saturated heterocycles. The first-order valence-corrected chi connectivity index (χ1v) is 5.67. The van der Waals surface area contributed by atoms with Crippen LogP contribution in [0, 0.1) is 11.3 Å². The third kappa shape index (κ3) is 4.06. The maximum absolute atomic E-state index is 9.42. The molecular formula is C13H18N2O2. The summed E-state index contributed by atoms with van der Waals surface area (Å²) in [5.74, 6) is 0.752. The van der Waals surface area contributed by atoms with Gasteiger partial charge in [0.05, 0.1) is 24.8 Å². The molecule has 4 nitrogen and oxygen atoms in total. The number of nitrogens with zero attached hydrogens (tertiary/aromatic N) is 1. The molecule has 1 aromatic carbocycles. The summed E-state index contributed by atoms with van der Waals surface area (Å²) in [5.41, 5.74) is 1.54. The minimum atomic E-state index is -0.333. The van der Waals surface area contributed by atoms with Gasteiger partial charge in [0.2, 0.25) is 0 Å². The van der Waals surface area contributed by atoms with Crippen LogP contribution in [0.25, 0.3) is 0 Å². The van der Waals surface area contributed by atoms with Crippen LogP contribution >= 0.6 is 0 Å². The second-order valence-electron chi connectivity index (χ2n) is 3.83. The number of aliphatic hydroxyl groups excluding tert-OH is 1. The normalized spacial score (nSPS) is 11.9. The number of hydrogen-bond donors (Lipinski definition) is 2. The minimum absolute atomic E-state index is 0.333. The van der Waals surface area contributed by atoms with E-state index in [4.69, 9.17) is 10.00 Å². The lowest BCUT2D eigenvalue weighted by Gasteiger charge is -2.12. The summed E-state index contributed by atoms with van der Waals surface area (Å²) in [6.45, 7) is 3.05. The summed E-state index contributed by atoms with van der Waals surface area (Å²) in [6.07, 6.45) is 0.391. The molecule has 0 saturated carbocycles. The summed E-state index contributed by atoms with van der Waals surface area (Å²) in [4.78, 5) is 0. The Morgan fingerprint density at radius 2 is 2.29 bits per heavy atom. The molecule has 0 bridgehead atoms. The highest BCUT2D eigenvalue weighted by Gasteiger charge is 2.05. The van der Waals surface area contributed by atoms with E-state index >= 15 is 0 Å². The number of ether oxygens (including phenoxy) is 1. The van der Waals surface area contributed by atoms with Gasteiger partial charge in [0.1, 0.15) is 5.75 Å². The van der Waals surface area contributed by atoms with Gasteiger partial charge in [0, 0.05) is 18.7 Å². The van der Waals surface area contributed by atoms with E-state index in [1.807, 2.05) is 6.92 Å². The van der Waals surface area contributed by atoms with Crippen LogP contribution in [-0.2, 0) is 6.54 Å². The second kappa shape index (κ2) is 6.89. The molecule has 0 aliphatic heterocycles. The fourth-order valence-corrected chi connectivity index (χ4v) is 1.50. The molecule has 1 aromatic rings. The summed E-state index contributed by atoms with van der Waals surface area (Å²) in [5, 5.41) is 21.4. The van der Waals surface area contributed by atoms with Crippen LogP contribution in [-0.4, -0.2) is 24.9 Å². The highest BCUT2D eigenvalue weighted by molar-refractivity contribution is 5.41. The number of rotatable bonds is 6. The van der Waals surface area contributed by atoms with Gasteiger partial charge in [-0.3, -0.25) is 0 Å². The Labute approximate surface area is 102 Å². The number of hydrogen-bond acceptors (Lipinski definition) is 4. The quantitative estimate of drug-likeness (QED) is 0.781. The van der Waals surface area contributed by atoms with E-state index in [2.05, 4.69) is 11.4 Å². The van der Waals surface area contributed by atoms with Gasteiger partial charge >= 0.3 is 0 Å². The first-order chi connectivity index (χ1) is 8.21. The Bertz CT molecular complexity index is 399. The number of aliphatic hydroxyl groups is 1. The van der Waals surface area contributed by atoms with Crippen LogP contribution in [0.1, 0.15) is 24.5 Å². The number of nitriles is 1. The van der Waals surface area contributed by atoms with Crippen molar-refractivity contribution in [3.8, 4) is 11.8 Å². The minimum Gasteiger partial charge on any atom is -0.496 e. The summed E-state index contributed by atoms with van der Waals surface area (Å²) in [6, 6.07) is 7.40. The van der Waals surface area contributed by atoms with Crippen LogP contribution in [0.4, 0.5) is 0 Å². The van der Waals surface area contributed by atoms with Gasteiger partial charge < -0.3 is 15.2 Å². The van der Waals surface area contributed by atoms with E-state index in [1.165, 1.54) is 0 Å². The summed E-state index contributed by atoms with van der Waals surface area (Å²) >= 11 is 0. The zero-order valence-corrected chi connectivity index (χ0v) is 10.2. The Kier molecular flexibility index (Phi) is 5.47. The molecule has 1 atom stereocenters. The van der Waals surface area contributed by atoms with Crippen LogP contribution < -0.4 is 10.1 Å². The van der Waals surface area contributed by atoms with Crippen LogP contribution in [0.3, 0.4) is 0 Å². The van der Waals surface area contributed by atoms with Crippen molar-refractivity contribution in [2.45, 2.75) is 26.0 Å². The van der Waals surface area contributed by atoms with E-state index in [0.717, 1.165) is 17.7 Å². The molecule has 0 amide bonds. The predicted molar refractivity (Wildman–Crippen MR) is 65.7 cm³/mol. The average Bonchev–Trinajstić information content (AvgIpc) is 2.38. The maximum Gasteiger partial charge on any atom is 0.123 e. The van der Waals surface area contributed by atoms with E-state index < -0.39 is 0 Å². The molecule has 0 fully saturated rings. The Hall–Kier alpha value is -1.57. The molecule has 0 aliphatic carbocycles. The molecule has 0 aromatic heterocycles.